The van der Waals surface area contributed by atoms with Crippen LogP contribution < -0.4 is 5.73 Å². The van der Waals surface area contributed by atoms with Crippen molar-refractivity contribution >= 4 is 5.84 Å². The van der Waals surface area contributed by atoms with Crippen molar-refractivity contribution in [2.45, 2.75) is 38.3 Å². The summed E-state index contributed by atoms with van der Waals surface area (Å²) >= 11 is 0. The lowest BCUT2D eigenvalue weighted by Crippen LogP contribution is -2.35. The molecule has 5 heteroatoms. The Labute approximate surface area is 114 Å². The number of nitrogens with zero attached hydrogens (tertiary/aromatic N) is 2. The van der Waals surface area contributed by atoms with Crippen LogP contribution in [-0.2, 0) is 6.54 Å². The fourth-order valence-corrected chi connectivity index (χ4v) is 2.82. The molecule has 1 aromatic rings. The minimum absolute atomic E-state index is 0.00553. The highest BCUT2D eigenvalue weighted by molar-refractivity contribution is 5.94. The van der Waals surface area contributed by atoms with Crippen molar-refractivity contribution < 1.29 is 5.11 Å². The van der Waals surface area contributed by atoms with Crippen LogP contribution in [0.15, 0.2) is 18.3 Å². The summed E-state index contributed by atoms with van der Waals surface area (Å²) in [7, 11) is 0. The molecule has 0 aliphatic heterocycles. The molecule has 1 fully saturated rings. The molecule has 0 radical (unpaired) electrons. The van der Waals surface area contributed by atoms with E-state index in [2.05, 4.69) is 9.88 Å². The van der Waals surface area contributed by atoms with Gasteiger partial charge in [0.1, 0.15) is 11.5 Å². The van der Waals surface area contributed by atoms with Gasteiger partial charge in [-0.1, -0.05) is 18.9 Å². The van der Waals surface area contributed by atoms with Gasteiger partial charge in [-0.25, -0.2) is 0 Å². The van der Waals surface area contributed by atoms with Crippen molar-refractivity contribution in [3.8, 4) is 0 Å². The molecule has 0 unspecified atom stereocenters. The van der Waals surface area contributed by atoms with E-state index in [0.29, 0.717) is 24.8 Å². The van der Waals surface area contributed by atoms with Crippen LogP contribution >= 0.6 is 0 Å². The number of nitrogen functional groups attached to an aromatic ring is 1. The number of hydrogen-bond acceptors (Lipinski definition) is 4. The zero-order valence-electron chi connectivity index (χ0n) is 11.2. The van der Waals surface area contributed by atoms with E-state index in [0.717, 1.165) is 5.56 Å². The largest absolute Gasteiger partial charge is 0.395 e. The van der Waals surface area contributed by atoms with Gasteiger partial charge in [-0.05, 0) is 24.5 Å². The molecule has 5 nitrogen and oxygen atoms in total. The summed E-state index contributed by atoms with van der Waals surface area (Å²) < 4.78 is 0. The van der Waals surface area contributed by atoms with Gasteiger partial charge >= 0.3 is 0 Å². The molecule has 1 aliphatic rings. The van der Waals surface area contributed by atoms with Gasteiger partial charge in [0, 0.05) is 25.3 Å². The van der Waals surface area contributed by atoms with Crippen molar-refractivity contribution in [1.82, 2.24) is 9.88 Å². The number of pyridine rings is 1. The summed E-state index contributed by atoms with van der Waals surface area (Å²) in [6.45, 7) is 1.52. The smallest absolute Gasteiger partial charge is 0.142 e. The average Bonchev–Trinajstić information content (AvgIpc) is 2.92. The molecule has 104 valence electrons. The van der Waals surface area contributed by atoms with Crippen LogP contribution in [0.5, 0.6) is 0 Å². The lowest BCUT2D eigenvalue weighted by atomic mass is 10.1. The van der Waals surface area contributed by atoms with Gasteiger partial charge < -0.3 is 10.8 Å². The molecule has 1 saturated carbocycles. The van der Waals surface area contributed by atoms with E-state index in [1.807, 2.05) is 12.1 Å². The standard InChI is InChI=1S/C14H22N4O/c15-14(16)13-11(4-3-7-17-13)10-18(8-9-19)12-5-1-2-6-12/h3-4,7,12,19H,1-2,5-6,8-10H2,(H3,15,16). The molecule has 1 aromatic heterocycles. The number of aliphatic hydroxyl groups is 1. The maximum Gasteiger partial charge on any atom is 0.142 e. The molecule has 0 saturated heterocycles. The van der Waals surface area contributed by atoms with Crippen molar-refractivity contribution in [3.05, 3.63) is 29.6 Å². The fraction of sp³-hybridized carbons (Fsp3) is 0.571. The first-order valence-electron chi connectivity index (χ1n) is 6.85. The second kappa shape index (κ2) is 6.63. The Bertz CT molecular complexity index is 429. The second-order valence-electron chi connectivity index (χ2n) is 5.06. The third-order valence-corrected chi connectivity index (χ3v) is 3.75. The summed E-state index contributed by atoms with van der Waals surface area (Å²) in [5, 5.41) is 16.8. The normalized spacial score (nSPS) is 16.1. The van der Waals surface area contributed by atoms with Crippen LogP contribution in [0, 0.1) is 5.41 Å². The predicted molar refractivity (Wildman–Crippen MR) is 75.0 cm³/mol. The number of aliphatic hydroxyl groups excluding tert-OH is 1. The lowest BCUT2D eigenvalue weighted by molar-refractivity contribution is 0.144. The maximum atomic E-state index is 9.23. The van der Waals surface area contributed by atoms with E-state index in [4.69, 9.17) is 11.1 Å². The molecule has 0 amide bonds. The molecule has 0 atom stereocenters. The summed E-state index contributed by atoms with van der Waals surface area (Å²) in [5.41, 5.74) is 7.10. The Morgan fingerprint density at radius 3 is 2.84 bits per heavy atom. The number of nitrogens with two attached hydrogens (primary N) is 1. The minimum atomic E-state index is 0.00553. The summed E-state index contributed by atoms with van der Waals surface area (Å²) in [4.78, 5) is 6.47. The van der Waals surface area contributed by atoms with Crippen molar-refractivity contribution in [2.75, 3.05) is 13.2 Å². The van der Waals surface area contributed by atoms with E-state index in [1.165, 1.54) is 25.7 Å². The third kappa shape index (κ3) is 3.52. The molecule has 0 bridgehead atoms. The molecule has 4 N–H and O–H groups in total. The van der Waals surface area contributed by atoms with Crippen molar-refractivity contribution in [2.24, 2.45) is 5.73 Å². The lowest BCUT2D eigenvalue weighted by Gasteiger charge is -2.28. The van der Waals surface area contributed by atoms with Crippen LogP contribution in [0.3, 0.4) is 0 Å². The molecule has 1 aliphatic carbocycles. The summed E-state index contributed by atoms with van der Waals surface area (Å²) in [6, 6.07) is 4.36. The van der Waals surface area contributed by atoms with E-state index < -0.39 is 0 Å². The Morgan fingerprint density at radius 2 is 2.21 bits per heavy atom. The van der Waals surface area contributed by atoms with E-state index >= 15 is 0 Å². The van der Waals surface area contributed by atoms with E-state index in [9.17, 15) is 5.11 Å². The zero-order chi connectivity index (χ0) is 13.7. The Balaban J connectivity index is 2.14. The minimum Gasteiger partial charge on any atom is -0.395 e. The van der Waals surface area contributed by atoms with Gasteiger partial charge in [-0.15, -0.1) is 0 Å². The highest BCUT2D eigenvalue weighted by atomic mass is 16.3. The molecule has 1 heterocycles. The first kappa shape index (κ1) is 14.0. The summed E-state index contributed by atoms with van der Waals surface area (Å²) in [6.07, 6.45) is 6.57. The fourth-order valence-electron chi connectivity index (χ4n) is 2.82. The highest BCUT2D eigenvalue weighted by Gasteiger charge is 2.23. The first-order valence-corrected chi connectivity index (χ1v) is 6.85. The average molecular weight is 262 g/mol. The van der Waals surface area contributed by atoms with Gasteiger partial charge in [-0.3, -0.25) is 15.3 Å². The van der Waals surface area contributed by atoms with Crippen LogP contribution in [0.4, 0.5) is 0 Å². The number of hydrogen-bond donors (Lipinski definition) is 3. The Kier molecular flexibility index (Phi) is 4.87. The SMILES string of the molecule is N=C(N)c1ncccc1CN(CCO)C1CCCC1. The van der Waals surface area contributed by atoms with E-state index in [1.54, 1.807) is 6.20 Å². The Morgan fingerprint density at radius 1 is 1.47 bits per heavy atom. The molecule has 2 rings (SSSR count). The molecule has 0 spiro atoms. The molecule has 0 aromatic carbocycles. The van der Waals surface area contributed by atoms with Crippen LogP contribution in [0.1, 0.15) is 36.9 Å². The van der Waals surface area contributed by atoms with Gasteiger partial charge in [-0.2, -0.15) is 0 Å². The predicted octanol–water partition coefficient (Wildman–Crippen LogP) is 1.10. The monoisotopic (exact) mass is 262 g/mol. The van der Waals surface area contributed by atoms with Crippen LogP contribution in [-0.4, -0.2) is 40.0 Å². The van der Waals surface area contributed by atoms with Crippen LogP contribution in [0.25, 0.3) is 0 Å². The number of nitrogens with one attached hydrogen (secondary N) is 1. The molecular formula is C14H22N4O. The van der Waals surface area contributed by atoms with Crippen molar-refractivity contribution in [3.63, 3.8) is 0 Å². The van der Waals surface area contributed by atoms with Gasteiger partial charge in [0.25, 0.3) is 0 Å². The summed E-state index contributed by atoms with van der Waals surface area (Å²) in [5.74, 6) is 0.00553. The number of aromatic nitrogens is 1. The van der Waals surface area contributed by atoms with Gasteiger partial charge in [0.2, 0.25) is 0 Å². The van der Waals surface area contributed by atoms with Gasteiger partial charge in [0.15, 0.2) is 0 Å². The highest BCUT2D eigenvalue weighted by Crippen LogP contribution is 2.25. The number of rotatable bonds is 6. The van der Waals surface area contributed by atoms with Crippen LogP contribution in [0.2, 0.25) is 0 Å². The Hall–Kier alpha value is -1.46. The molecule has 19 heavy (non-hydrogen) atoms. The quantitative estimate of drug-likeness (QED) is 0.529. The van der Waals surface area contributed by atoms with Gasteiger partial charge in [0.05, 0.1) is 6.61 Å². The first-order chi connectivity index (χ1) is 9.22. The number of amidine groups is 1. The topological polar surface area (TPSA) is 86.2 Å². The maximum absolute atomic E-state index is 9.23. The second-order valence-corrected chi connectivity index (χ2v) is 5.06. The zero-order valence-corrected chi connectivity index (χ0v) is 11.2. The van der Waals surface area contributed by atoms with Crippen molar-refractivity contribution in [1.29, 1.82) is 5.41 Å². The molecular weight excluding hydrogens is 240 g/mol. The van der Waals surface area contributed by atoms with E-state index in [-0.39, 0.29) is 12.4 Å². The third-order valence-electron chi connectivity index (χ3n) is 3.75.